The van der Waals surface area contributed by atoms with Crippen LogP contribution in [0.15, 0.2) is 0 Å². The summed E-state index contributed by atoms with van der Waals surface area (Å²) in [6, 6.07) is 0. The Labute approximate surface area is 142 Å². The van der Waals surface area contributed by atoms with Crippen molar-refractivity contribution in [3.8, 4) is 0 Å². The molecule has 0 unspecified atom stereocenters. The summed E-state index contributed by atoms with van der Waals surface area (Å²) in [5.41, 5.74) is 0. The Morgan fingerprint density at radius 3 is 0.818 bits per heavy atom. The van der Waals surface area contributed by atoms with Crippen LogP contribution in [-0.4, -0.2) is 30.1 Å². The van der Waals surface area contributed by atoms with E-state index in [-0.39, 0.29) is 5.48 Å². The van der Waals surface area contributed by atoms with Crippen LogP contribution in [0.5, 0.6) is 0 Å². The molecule has 0 amide bonds. The van der Waals surface area contributed by atoms with E-state index in [0.29, 0.717) is 0 Å². The molecule has 0 radical (unpaired) electrons. The lowest BCUT2D eigenvalue weighted by atomic mass is 10.3. The molecule has 0 saturated heterocycles. The molecule has 0 bridgehead atoms. The Bertz CT molecular complexity index is 160. The summed E-state index contributed by atoms with van der Waals surface area (Å²) in [6.45, 7) is 9.41. The normalized spacial score (nSPS) is 11.5. The largest absolute Gasteiger partial charge is 0.412 e. The highest BCUT2D eigenvalue weighted by Crippen LogP contribution is 2.61. The second-order valence-corrected chi connectivity index (χ2v) is 11.5. The zero-order chi connectivity index (χ0) is 15.8. The van der Waals surface area contributed by atoms with Gasteiger partial charge in [0, 0.05) is 7.26 Å². The summed E-state index contributed by atoms with van der Waals surface area (Å²) in [5, 5.41) is 0. The minimum atomic E-state index is -0.615. The van der Waals surface area contributed by atoms with E-state index in [1.54, 1.807) is 24.6 Å². The van der Waals surface area contributed by atoms with Crippen molar-refractivity contribution >= 4 is 7.26 Å². The summed E-state index contributed by atoms with van der Waals surface area (Å²) in [6.07, 6.45) is 24.0. The van der Waals surface area contributed by atoms with Crippen LogP contribution in [0.1, 0.15) is 105 Å². The van der Waals surface area contributed by atoms with Gasteiger partial charge in [0.1, 0.15) is 0 Å². The van der Waals surface area contributed by atoms with Crippen LogP contribution in [0.25, 0.3) is 0 Å². The van der Waals surface area contributed by atoms with Gasteiger partial charge >= 0.3 is 0 Å². The van der Waals surface area contributed by atoms with Crippen LogP contribution < -0.4 is 0 Å². The molecule has 0 heterocycles. The fourth-order valence-electron chi connectivity index (χ4n) is 3.46. The van der Waals surface area contributed by atoms with Crippen LogP contribution in [-0.2, 0) is 0 Å². The second-order valence-electron chi connectivity index (χ2n) is 7.06. The fourth-order valence-corrected chi connectivity index (χ4v) is 8.38. The molecule has 0 fully saturated rings. The molecule has 2 N–H and O–H groups in total. The first-order chi connectivity index (χ1) is 10.2. The molecule has 22 heavy (non-hydrogen) atoms. The quantitative estimate of drug-likeness (QED) is 0.216. The van der Waals surface area contributed by atoms with Gasteiger partial charge in [0.2, 0.25) is 0 Å². The van der Waals surface area contributed by atoms with Crippen molar-refractivity contribution in [1.29, 1.82) is 0 Å². The minimum absolute atomic E-state index is 0. The lowest BCUT2D eigenvalue weighted by molar-refractivity contribution is 0.728. The van der Waals surface area contributed by atoms with E-state index in [0.717, 1.165) is 0 Å². The van der Waals surface area contributed by atoms with Crippen molar-refractivity contribution < 1.29 is 5.48 Å². The van der Waals surface area contributed by atoms with Crippen molar-refractivity contribution in [3.05, 3.63) is 0 Å². The van der Waals surface area contributed by atoms with Gasteiger partial charge < -0.3 is 5.48 Å². The summed E-state index contributed by atoms with van der Waals surface area (Å²) in [5.74, 6) is 0. The number of rotatable bonds is 16. The standard InChI is InChI=1S/C20H44P.H2O/c1-5-9-13-17-21(18-14-10-6-2,19-15-11-7-3)20-16-12-8-4;/h5-20H2,1-4H3;1H2/q+1;. The third-order valence-corrected chi connectivity index (χ3v) is 10.0. The average Bonchev–Trinajstić information content (AvgIpc) is 2.48. The van der Waals surface area contributed by atoms with Gasteiger partial charge in [-0.15, -0.1) is 0 Å². The first kappa shape index (κ1) is 24.6. The van der Waals surface area contributed by atoms with Crippen LogP contribution in [0.3, 0.4) is 0 Å². The Morgan fingerprint density at radius 1 is 0.409 bits per heavy atom. The topological polar surface area (TPSA) is 31.5 Å². The zero-order valence-electron chi connectivity index (χ0n) is 16.3. The van der Waals surface area contributed by atoms with Crippen molar-refractivity contribution in [2.75, 3.05) is 24.6 Å². The molecule has 0 aliphatic carbocycles. The predicted octanol–water partition coefficient (Wildman–Crippen LogP) is 6.94. The maximum atomic E-state index is 2.35. The molecule has 0 saturated carbocycles. The summed E-state index contributed by atoms with van der Waals surface area (Å²) < 4.78 is 0. The van der Waals surface area contributed by atoms with Gasteiger partial charge in [0.15, 0.2) is 0 Å². The van der Waals surface area contributed by atoms with Gasteiger partial charge in [-0.25, -0.2) is 0 Å². The van der Waals surface area contributed by atoms with Crippen LogP contribution in [0, 0.1) is 0 Å². The molecule has 0 atom stereocenters. The highest BCUT2D eigenvalue weighted by atomic mass is 31.2. The average molecular weight is 334 g/mol. The van der Waals surface area contributed by atoms with Crippen molar-refractivity contribution in [2.24, 2.45) is 0 Å². The highest BCUT2D eigenvalue weighted by Gasteiger charge is 2.34. The third kappa shape index (κ3) is 12.9. The second kappa shape index (κ2) is 17.7. The molecule has 0 aromatic rings. The predicted molar refractivity (Wildman–Crippen MR) is 108 cm³/mol. The molecule has 0 aliphatic heterocycles. The van der Waals surface area contributed by atoms with Crippen molar-refractivity contribution in [1.82, 2.24) is 0 Å². The molecule has 0 spiro atoms. The van der Waals surface area contributed by atoms with E-state index in [9.17, 15) is 0 Å². The Kier molecular flexibility index (Phi) is 19.9. The van der Waals surface area contributed by atoms with E-state index < -0.39 is 7.26 Å². The summed E-state index contributed by atoms with van der Waals surface area (Å²) >= 11 is 0. The van der Waals surface area contributed by atoms with Crippen molar-refractivity contribution in [2.45, 2.75) is 105 Å². The lowest BCUT2D eigenvalue weighted by Crippen LogP contribution is -2.13. The molecular formula is C20H46OP+. The summed E-state index contributed by atoms with van der Waals surface area (Å²) in [4.78, 5) is 0. The third-order valence-electron chi connectivity index (χ3n) is 4.94. The van der Waals surface area contributed by atoms with E-state index >= 15 is 0 Å². The number of hydrogen-bond acceptors (Lipinski definition) is 0. The first-order valence-electron chi connectivity index (χ1n) is 10.1. The van der Waals surface area contributed by atoms with E-state index in [2.05, 4.69) is 27.7 Å². The Balaban J connectivity index is 0. The van der Waals surface area contributed by atoms with Gasteiger partial charge in [0.25, 0.3) is 0 Å². The molecular weight excluding hydrogens is 287 g/mol. The number of unbranched alkanes of at least 4 members (excludes halogenated alkanes) is 8. The zero-order valence-corrected chi connectivity index (χ0v) is 17.2. The van der Waals surface area contributed by atoms with Crippen molar-refractivity contribution in [3.63, 3.8) is 0 Å². The first-order valence-corrected chi connectivity index (χ1v) is 12.6. The molecule has 0 aromatic heterocycles. The highest BCUT2D eigenvalue weighted by molar-refractivity contribution is 7.75. The van der Waals surface area contributed by atoms with Gasteiger partial charge in [-0.05, 0) is 25.7 Å². The van der Waals surface area contributed by atoms with Crippen LogP contribution in [0.4, 0.5) is 0 Å². The van der Waals surface area contributed by atoms with E-state index in [4.69, 9.17) is 0 Å². The van der Waals surface area contributed by atoms with Crippen LogP contribution >= 0.6 is 7.26 Å². The molecule has 0 aliphatic rings. The van der Waals surface area contributed by atoms with Gasteiger partial charge in [-0.3, -0.25) is 0 Å². The molecule has 1 nitrogen and oxygen atoms in total. The van der Waals surface area contributed by atoms with Gasteiger partial charge in [0.05, 0.1) is 24.6 Å². The summed E-state index contributed by atoms with van der Waals surface area (Å²) in [7, 11) is -0.615. The monoisotopic (exact) mass is 333 g/mol. The molecule has 0 rings (SSSR count). The van der Waals surface area contributed by atoms with Gasteiger partial charge in [-0.2, -0.15) is 0 Å². The smallest absolute Gasteiger partial charge is 0.0594 e. The molecule has 136 valence electrons. The minimum Gasteiger partial charge on any atom is -0.412 e. The lowest BCUT2D eigenvalue weighted by Gasteiger charge is -2.28. The fraction of sp³-hybridized carbons (Fsp3) is 1.00. The molecule has 0 aromatic carbocycles. The maximum Gasteiger partial charge on any atom is 0.0594 e. The Hall–Kier alpha value is 0.390. The van der Waals surface area contributed by atoms with E-state index in [1.807, 2.05) is 0 Å². The van der Waals surface area contributed by atoms with Gasteiger partial charge in [-0.1, -0.05) is 79.1 Å². The maximum absolute atomic E-state index is 2.35. The Morgan fingerprint density at radius 2 is 0.636 bits per heavy atom. The number of hydrogen-bond donors (Lipinski definition) is 0. The molecule has 2 heteroatoms. The SMILES string of the molecule is CCCCC[P+](CCCCC)(CCCCC)CCCCC.O. The van der Waals surface area contributed by atoms with E-state index in [1.165, 1.54) is 77.0 Å². The van der Waals surface area contributed by atoms with Crippen LogP contribution in [0.2, 0.25) is 0 Å².